The summed E-state index contributed by atoms with van der Waals surface area (Å²) in [6.07, 6.45) is 7.29. The van der Waals surface area contributed by atoms with Crippen molar-refractivity contribution in [3.63, 3.8) is 0 Å². The Morgan fingerprint density at radius 2 is 1.62 bits per heavy atom. The van der Waals surface area contributed by atoms with Crippen molar-refractivity contribution in [2.45, 2.75) is 51.4 Å². The molecule has 1 aliphatic carbocycles. The summed E-state index contributed by atoms with van der Waals surface area (Å²) in [5, 5.41) is 3.18. The molecule has 1 saturated carbocycles. The van der Waals surface area contributed by atoms with Crippen LogP contribution in [0.1, 0.15) is 51.4 Å². The van der Waals surface area contributed by atoms with Crippen LogP contribution in [0.3, 0.4) is 0 Å². The van der Waals surface area contributed by atoms with Crippen LogP contribution >= 0.6 is 12.4 Å². The molecular formula is C19H32ClN3O3. The number of hydrogen-bond donors (Lipinski definition) is 1. The van der Waals surface area contributed by atoms with Crippen molar-refractivity contribution in [2.24, 2.45) is 17.8 Å². The Labute approximate surface area is 162 Å². The molecule has 0 spiro atoms. The van der Waals surface area contributed by atoms with Gasteiger partial charge in [0.25, 0.3) is 0 Å². The van der Waals surface area contributed by atoms with E-state index >= 15 is 0 Å². The van der Waals surface area contributed by atoms with Crippen LogP contribution in [0.25, 0.3) is 0 Å². The number of nitrogens with zero attached hydrogens (tertiary/aromatic N) is 2. The maximum atomic E-state index is 12.5. The number of piperidine rings is 1. The smallest absolute Gasteiger partial charge is 0.233 e. The van der Waals surface area contributed by atoms with E-state index in [9.17, 15) is 14.4 Å². The van der Waals surface area contributed by atoms with Crippen LogP contribution < -0.4 is 5.32 Å². The number of carbonyl (C=O) groups is 3. The average Bonchev–Trinajstić information content (AvgIpc) is 2.89. The zero-order chi connectivity index (χ0) is 17.8. The van der Waals surface area contributed by atoms with Gasteiger partial charge in [-0.05, 0) is 51.6 Å². The van der Waals surface area contributed by atoms with E-state index in [4.69, 9.17) is 0 Å². The van der Waals surface area contributed by atoms with E-state index in [1.807, 2.05) is 11.9 Å². The predicted molar refractivity (Wildman–Crippen MR) is 102 cm³/mol. The molecule has 148 valence electrons. The third-order valence-electron chi connectivity index (χ3n) is 6.25. The average molecular weight is 386 g/mol. The molecule has 3 aliphatic rings. The molecule has 26 heavy (non-hydrogen) atoms. The molecule has 2 heterocycles. The van der Waals surface area contributed by atoms with E-state index in [1.54, 1.807) is 0 Å². The fraction of sp³-hybridized carbons (Fsp3) is 0.842. The van der Waals surface area contributed by atoms with Gasteiger partial charge in [0.15, 0.2) is 0 Å². The summed E-state index contributed by atoms with van der Waals surface area (Å²) >= 11 is 0. The molecule has 2 atom stereocenters. The molecule has 1 N–H and O–H groups in total. The minimum atomic E-state index is -0.112. The normalized spacial score (nSPS) is 26.7. The maximum Gasteiger partial charge on any atom is 0.233 e. The Hall–Kier alpha value is -1.14. The van der Waals surface area contributed by atoms with Gasteiger partial charge in [-0.1, -0.05) is 12.8 Å². The number of rotatable bonds is 6. The largest absolute Gasteiger partial charge is 0.343 e. The second-order valence-electron chi connectivity index (χ2n) is 7.79. The van der Waals surface area contributed by atoms with E-state index in [1.165, 1.54) is 4.90 Å². The van der Waals surface area contributed by atoms with E-state index in [0.717, 1.165) is 64.6 Å². The van der Waals surface area contributed by atoms with Gasteiger partial charge in [0.1, 0.15) is 0 Å². The first-order chi connectivity index (χ1) is 12.1. The van der Waals surface area contributed by atoms with Crippen molar-refractivity contribution in [3.05, 3.63) is 0 Å². The van der Waals surface area contributed by atoms with E-state index in [0.29, 0.717) is 5.92 Å². The minimum Gasteiger partial charge on any atom is -0.343 e. The molecule has 0 aromatic rings. The molecule has 3 rings (SSSR count). The Bertz CT molecular complexity index is 496. The van der Waals surface area contributed by atoms with Gasteiger partial charge in [0, 0.05) is 26.1 Å². The van der Waals surface area contributed by atoms with E-state index < -0.39 is 0 Å². The molecule has 3 fully saturated rings. The van der Waals surface area contributed by atoms with Crippen molar-refractivity contribution < 1.29 is 14.4 Å². The number of likely N-dealkylation sites (tertiary alicyclic amines) is 2. The van der Waals surface area contributed by atoms with Crippen molar-refractivity contribution >= 4 is 30.1 Å². The molecule has 2 aliphatic heterocycles. The Kier molecular flexibility index (Phi) is 7.89. The maximum absolute atomic E-state index is 12.5. The lowest BCUT2D eigenvalue weighted by molar-refractivity contribution is -0.141. The van der Waals surface area contributed by atoms with Gasteiger partial charge in [-0.3, -0.25) is 19.3 Å². The lowest BCUT2D eigenvalue weighted by Gasteiger charge is -2.32. The highest BCUT2D eigenvalue weighted by atomic mass is 35.5. The van der Waals surface area contributed by atoms with Gasteiger partial charge in [-0.2, -0.15) is 0 Å². The molecule has 0 bridgehead atoms. The molecule has 0 aromatic carbocycles. The lowest BCUT2D eigenvalue weighted by Crippen LogP contribution is -2.41. The second-order valence-corrected chi connectivity index (χ2v) is 7.79. The summed E-state index contributed by atoms with van der Waals surface area (Å²) in [5.74, 6) is 0.490. The highest BCUT2D eigenvalue weighted by Gasteiger charge is 2.47. The first-order valence-corrected chi connectivity index (χ1v) is 9.89. The van der Waals surface area contributed by atoms with Crippen LogP contribution in [0.15, 0.2) is 0 Å². The van der Waals surface area contributed by atoms with Crippen LogP contribution in [0, 0.1) is 17.8 Å². The first kappa shape index (κ1) is 21.2. The number of hydrogen-bond acceptors (Lipinski definition) is 4. The standard InChI is InChI=1S/C19H31N3O3.ClH/c1-20-10-6-14-7-11-21(12-8-14)17(23)9-13-22-18(24)15-4-2-3-5-16(15)19(22)25;/h14-16,20H,2-13H2,1H3;1H. The first-order valence-electron chi connectivity index (χ1n) is 9.89. The molecule has 7 heteroatoms. The highest BCUT2D eigenvalue weighted by molar-refractivity contribution is 6.05. The monoisotopic (exact) mass is 385 g/mol. The second kappa shape index (κ2) is 9.70. The number of imide groups is 1. The van der Waals surface area contributed by atoms with Gasteiger partial charge >= 0.3 is 0 Å². The molecule has 2 saturated heterocycles. The van der Waals surface area contributed by atoms with Crippen molar-refractivity contribution in [1.29, 1.82) is 0 Å². The summed E-state index contributed by atoms with van der Waals surface area (Å²) in [5.41, 5.74) is 0. The van der Waals surface area contributed by atoms with E-state index in [-0.39, 0.29) is 54.9 Å². The van der Waals surface area contributed by atoms with Crippen LogP contribution in [0.5, 0.6) is 0 Å². The molecule has 2 unspecified atom stereocenters. The van der Waals surface area contributed by atoms with Crippen molar-refractivity contribution in [2.75, 3.05) is 33.2 Å². The lowest BCUT2D eigenvalue weighted by atomic mass is 9.81. The molecular weight excluding hydrogens is 354 g/mol. The SMILES string of the molecule is CNCCC1CCN(C(=O)CCN2C(=O)C3CCCCC3C2=O)CC1.Cl. The van der Waals surface area contributed by atoms with Gasteiger partial charge in [-0.25, -0.2) is 0 Å². The van der Waals surface area contributed by atoms with Crippen LogP contribution in [-0.4, -0.2) is 60.7 Å². The Morgan fingerprint density at radius 1 is 1.04 bits per heavy atom. The zero-order valence-corrected chi connectivity index (χ0v) is 16.6. The third-order valence-corrected chi connectivity index (χ3v) is 6.25. The zero-order valence-electron chi connectivity index (χ0n) is 15.7. The molecule has 3 amide bonds. The fourth-order valence-electron chi connectivity index (χ4n) is 4.64. The van der Waals surface area contributed by atoms with Gasteiger partial charge in [-0.15, -0.1) is 12.4 Å². The van der Waals surface area contributed by atoms with Crippen molar-refractivity contribution in [3.8, 4) is 0 Å². The third kappa shape index (κ3) is 4.58. The predicted octanol–water partition coefficient (Wildman–Crippen LogP) is 1.82. The summed E-state index contributed by atoms with van der Waals surface area (Å²) < 4.78 is 0. The molecule has 6 nitrogen and oxygen atoms in total. The van der Waals surface area contributed by atoms with Crippen molar-refractivity contribution in [1.82, 2.24) is 15.1 Å². The molecule has 0 aromatic heterocycles. The Balaban J connectivity index is 0.00000243. The Morgan fingerprint density at radius 3 is 2.15 bits per heavy atom. The topological polar surface area (TPSA) is 69.7 Å². The number of nitrogens with one attached hydrogen (secondary N) is 1. The van der Waals surface area contributed by atoms with Crippen LogP contribution in [0.4, 0.5) is 0 Å². The van der Waals surface area contributed by atoms with E-state index in [2.05, 4.69) is 5.32 Å². The van der Waals surface area contributed by atoms with Gasteiger partial charge in [0.2, 0.25) is 17.7 Å². The summed E-state index contributed by atoms with van der Waals surface area (Å²) in [6.45, 7) is 2.91. The number of amides is 3. The van der Waals surface area contributed by atoms with Gasteiger partial charge < -0.3 is 10.2 Å². The summed E-state index contributed by atoms with van der Waals surface area (Å²) in [7, 11) is 1.97. The number of halogens is 1. The number of fused-ring (bicyclic) bond motifs is 1. The minimum absolute atomic E-state index is 0. The van der Waals surface area contributed by atoms with Gasteiger partial charge in [0.05, 0.1) is 11.8 Å². The highest BCUT2D eigenvalue weighted by Crippen LogP contribution is 2.38. The fourth-order valence-corrected chi connectivity index (χ4v) is 4.64. The quantitative estimate of drug-likeness (QED) is 0.708. The number of carbonyl (C=O) groups excluding carboxylic acids is 3. The summed E-state index contributed by atoms with van der Waals surface area (Å²) in [4.78, 5) is 40.7. The van der Waals surface area contributed by atoms with Crippen LogP contribution in [-0.2, 0) is 14.4 Å². The molecule has 0 radical (unpaired) electrons. The summed E-state index contributed by atoms with van der Waals surface area (Å²) in [6, 6.07) is 0. The van der Waals surface area contributed by atoms with Crippen LogP contribution in [0.2, 0.25) is 0 Å².